The van der Waals surface area contributed by atoms with Crippen molar-refractivity contribution in [3.05, 3.63) is 77.9 Å². The monoisotopic (exact) mass is 380 g/mol. The Balaban J connectivity index is 1.58. The van der Waals surface area contributed by atoms with Crippen molar-refractivity contribution in [1.29, 1.82) is 0 Å². The van der Waals surface area contributed by atoms with Crippen LogP contribution in [0, 0.1) is 6.92 Å². The Morgan fingerprint density at radius 1 is 0.889 bits per heavy atom. The van der Waals surface area contributed by atoms with E-state index in [-0.39, 0.29) is 4.90 Å². The van der Waals surface area contributed by atoms with E-state index in [1.54, 1.807) is 37.3 Å². The summed E-state index contributed by atoms with van der Waals surface area (Å²) in [7, 11) is -3.85. The van der Waals surface area contributed by atoms with Gasteiger partial charge >= 0.3 is 0 Å². The van der Waals surface area contributed by atoms with Crippen LogP contribution in [0.4, 0.5) is 0 Å². The number of nitrogens with one attached hydrogen (secondary N) is 2. The molecule has 3 aromatic carbocycles. The molecule has 0 atom stereocenters. The molecule has 0 saturated carbocycles. The van der Waals surface area contributed by atoms with Crippen LogP contribution < -0.4 is 10.3 Å². The first-order chi connectivity index (χ1) is 12.9. The lowest BCUT2D eigenvalue weighted by molar-refractivity contribution is 0.0945. The van der Waals surface area contributed by atoms with Gasteiger partial charge in [-0.1, -0.05) is 30.3 Å². The summed E-state index contributed by atoms with van der Waals surface area (Å²) in [5.41, 5.74) is 4.77. The largest absolute Gasteiger partial charge is 0.456 e. The van der Waals surface area contributed by atoms with Crippen molar-refractivity contribution < 1.29 is 17.6 Å². The van der Waals surface area contributed by atoms with Crippen LogP contribution in [0.25, 0.3) is 21.9 Å². The maximum atomic E-state index is 12.4. The molecule has 0 aliphatic carbocycles. The maximum absolute atomic E-state index is 12.4. The average Bonchev–Trinajstić information content (AvgIpc) is 3.04. The molecule has 1 aromatic heterocycles. The van der Waals surface area contributed by atoms with E-state index >= 15 is 0 Å². The molecule has 2 N–H and O–H groups in total. The number of hydrogen-bond donors (Lipinski definition) is 2. The number of hydrogen-bond acceptors (Lipinski definition) is 4. The maximum Gasteiger partial charge on any atom is 0.266 e. The van der Waals surface area contributed by atoms with Crippen LogP contribution in [-0.4, -0.2) is 14.3 Å². The van der Waals surface area contributed by atoms with Crippen molar-refractivity contribution in [2.45, 2.75) is 11.8 Å². The Kier molecular flexibility index (Phi) is 4.18. The van der Waals surface area contributed by atoms with Crippen molar-refractivity contribution in [2.75, 3.05) is 0 Å². The summed E-state index contributed by atoms with van der Waals surface area (Å²) in [6.45, 7) is 1.79. The number of hydrazine groups is 1. The fourth-order valence-corrected chi connectivity index (χ4v) is 3.84. The minimum Gasteiger partial charge on any atom is -0.456 e. The molecule has 7 heteroatoms. The normalized spacial score (nSPS) is 11.7. The van der Waals surface area contributed by atoms with E-state index in [1.165, 1.54) is 12.1 Å². The first-order valence-corrected chi connectivity index (χ1v) is 9.72. The third kappa shape index (κ3) is 3.30. The molecule has 0 fully saturated rings. The van der Waals surface area contributed by atoms with Gasteiger partial charge in [0, 0.05) is 16.3 Å². The summed E-state index contributed by atoms with van der Waals surface area (Å²) in [6, 6.07) is 18.9. The van der Waals surface area contributed by atoms with Gasteiger partial charge in [-0.3, -0.25) is 10.2 Å². The fourth-order valence-electron chi connectivity index (χ4n) is 2.89. The molecular weight excluding hydrogens is 364 g/mol. The standard InChI is InChI=1S/C20H16N2O4S/c1-13-5-4-6-15(11-13)27(24,25)22-21-20(23)14-9-10-19-17(12-14)16-7-2-3-8-18(16)26-19/h2-12,22H,1H3,(H,21,23). The minimum atomic E-state index is -3.85. The first-order valence-electron chi connectivity index (χ1n) is 8.24. The van der Waals surface area contributed by atoms with Crippen molar-refractivity contribution in [1.82, 2.24) is 10.3 Å². The summed E-state index contributed by atoms with van der Waals surface area (Å²) >= 11 is 0. The van der Waals surface area contributed by atoms with Crippen molar-refractivity contribution in [2.24, 2.45) is 0 Å². The Labute approximate surface area is 155 Å². The second kappa shape index (κ2) is 6.53. The van der Waals surface area contributed by atoms with Crippen LogP contribution in [0.5, 0.6) is 0 Å². The summed E-state index contributed by atoms with van der Waals surface area (Å²) in [5.74, 6) is -0.557. The molecule has 6 nitrogen and oxygen atoms in total. The van der Waals surface area contributed by atoms with Crippen molar-refractivity contribution in [3.63, 3.8) is 0 Å². The van der Waals surface area contributed by atoms with Gasteiger partial charge in [-0.2, -0.15) is 0 Å². The predicted molar refractivity (Wildman–Crippen MR) is 103 cm³/mol. The second-order valence-corrected chi connectivity index (χ2v) is 7.87. The SMILES string of the molecule is Cc1cccc(S(=O)(=O)NNC(=O)c2ccc3oc4ccccc4c3c2)c1. The highest BCUT2D eigenvalue weighted by Gasteiger charge is 2.16. The first kappa shape index (κ1) is 17.3. The molecule has 1 heterocycles. The van der Waals surface area contributed by atoms with Crippen LogP contribution in [-0.2, 0) is 10.0 Å². The molecule has 4 rings (SSSR count). The molecule has 4 aromatic rings. The van der Waals surface area contributed by atoms with Crippen LogP contribution in [0.15, 0.2) is 76.0 Å². The van der Waals surface area contributed by atoms with Gasteiger partial charge in [0.2, 0.25) is 0 Å². The summed E-state index contributed by atoms with van der Waals surface area (Å²) < 4.78 is 30.4. The number of rotatable bonds is 4. The van der Waals surface area contributed by atoms with Gasteiger partial charge in [0.15, 0.2) is 0 Å². The number of sulfonamides is 1. The van der Waals surface area contributed by atoms with E-state index in [9.17, 15) is 13.2 Å². The van der Waals surface area contributed by atoms with Gasteiger partial charge in [0.1, 0.15) is 11.2 Å². The van der Waals surface area contributed by atoms with Crippen LogP contribution in [0.3, 0.4) is 0 Å². The van der Waals surface area contributed by atoms with Crippen molar-refractivity contribution in [3.8, 4) is 0 Å². The van der Waals surface area contributed by atoms with E-state index in [0.29, 0.717) is 11.1 Å². The lowest BCUT2D eigenvalue weighted by atomic mass is 10.1. The number of furan rings is 1. The van der Waals surface area contributed by atoms with Gasteiger partial charge in [-0.15, -0.1) is 4.83 Å². The number of carbonyl (C=O) groups is 1. The van der Waals surface area contributed by atoms with E-state index in [4.69, 9.17) is 4.42 Å². The third-order valence-electron chi connectivity index (χ3n) is 4.24. The highest BCUT2D eigenvalue weighted by molar-refractivity contribution is 7.89. The number of fused-ring (bicyclic) bond motifs is 3. The quantitative estimate of drug-likeness (QED) is 0.530. The van der Waals surface area contributed by atoms with E-state index < -0.39 is 15.9 Å². The minimum absolute atomic E-state index is 0.0825. The van der Waals surface area contributed by atoms with Crippen LogP contribution in [0.2, 0.25) is 0 Å². The number of para-hydroxylation sites is 1. The molecule has 136 valence electrons. The number of amides is 1. The highest BCUT2D eigenvalue weighted by atomic mass is 32.2. The molecule has 0 spiro atoms. The van der Waals surface area contributed by atoms with Gasteiger partial charge in [0.05, 0.1) is 4.90 Å². The molecule has 0 unspecified atom stereocenters. The number of carbonyl (C=O) groups excluding carboxylic acids is 1. The molecule has 0 bridgehead atoms. The molecule has 27 heavy (non-hydrogen) atoms. The number of benzene rings is 3. The van der Waals surface area contributed by atoms with Gasteiger partial charge < -0.3 is 4.42 Å². The summed E-state index contributed by atoms with van der Waals surface area (Å²) in [5, 5.41) is 1.68. The van der Waals surface area contributed by atoms with E-state index in [1.807, 2.05) is 24.3 Å². The van der Waals surface area contributed by atoms with Gasteiger partial charge in [-0.05, 0) is 48.9 Å². The lowest BCUT2D eigenvalue weighted by Gasteiger charge is -2.09. The third-order valence-corrected chi connectivity index (χ3v) is 5.48. The van der Waals surface area contributed by atoms with Gasteiger partial charge in [-0.25, -0.2) is 8.42 Å². The Hall–Kier alpha value is -3.16. The van der Waals surface area contributed by atoms with Crippen molar-refractivity contribution >= 4 is 37.9 Å². The Bertz CT molecular complexity index is 1280. The Morgan fingerprint density at radius 3 is 2.48 bits per heavy atom. The lowest BCUT2D eigenvalue weighted by Crippen LogP contribution is -2.41. The summed E-state index contributed by atoms with van der Waals surface area (Å²) in [6.07, 6.45) is 0. The van der Waals surface area contributed by atoms with Crippen LogP contribution in [0.1, 0.15) is 15.9 Å². The molecule has 0 saturated heterocycles. The average molecular weight is 380 g/mol. The van der Waals surface area contributed by atoms with E-state index in [0.717, 1.165) is 21.9 Å². The smallest absolute Gasteiger partial charge is 0.266 e. The zero-order valence-corrected chi connectivity index (χ0v) is 15.2. The summed E-state index contributed by atoms with van der Waals surface area (Å²) in [4.78, 5) is 14.6. The molecule has 0 aliphatic heterocycles. The topological polar surface area (TPSA) is 88.4 Å². The molecular formula is C20H16N2O4S. The zero-order valence-electron chi connectivity index (χ0n) is 14.4. The fraction of sp³-hybridized carbons (Fsp3) is 0.0500. The zero-order chi connectivity index (χ0) is 19.0. The van der Waals surface area contributed by atoms with Gasteiger partial charge in [0.25, 0.3) is 15.9 Å². The van der Waals surface area contributed by atoms with E-state index in [2.05, 4.69) is 10.3 Å². The number of aryl methyl sites for hydroxylation is 1. The molecule has 0 radical (unpaired) electrons. The highest BCUT2D eigenvalue weighted by Crippen LogP contribution is 2.29. The second-order valence-electron chi connectivity index (χ2n) is 6.19. The van der Waals surface area contributed by atoms with Crippen LogP contribution >= 0.6 is 0 Å². The Morgan fingerprint density at radius 2 is 1.67 bits per heavy atom. The predicted octanol–water partition coefficient (Wildman–Crippen LogP) is 3.52. The molecule has 1 amide bonds. The molecule has 0 aliphatic rings.